The fourth-order valence-corrected chi connectivity index (χ4v) is 7.28. The number of fused-ring (bicyclic) bond motifs is 1. The molecule has 3 aromatic heterocycles. The van der Waals surface area contributed by atoms with E-state index >= 15 is 0 Å². The highest BCUT2D eigenvalue weighted by molar-refractivity contribution is 5.88. The number of hydrogen-bond donors (Lipinski definition) is 6. The van der Waals surface area contributed by atoms with Crippen LogP contribution in [0.4, 0.5) is 9.59 Å². The van der Waals surface area contributed by atoms with Gasteiger partial charge in [0, 0.05) is 29.6 Å². The van der Waals surface area contributed by atoms with Crippen LogP contribution in [0.5, 0.6) is 0 Å². The largest absolute Gasteiger partial charge is 0.456 e. The molecule has 5 heterocycles. The van der Waals surface area contributed by atoms with Gasteiger partial charge in [-0.25, -0.2) is 19.6 Å². The van der Waals surface area contributed by atoms with E-state index in [1.54, 1.807) is 22.2 Å². The monoisotopic (exact) mass is 754 g/mol. The number of furan rings is 1. The van der Waals surface area contributed by atoms with E-state index in [-0.39, 0.29) is 12.1 Å². The highest BCUT2D eigenvalue weighted by Gasteiger charge is 2.37. The molecule has 0 unspecified atom stereocenters. The van der Waals surface area contributed by atoms with Gasteiger partial charge in [0.15, 0.2) is 0 Å². The molecule has 7 rings (SSSR count). The second-order valence-corrected chi connectivity index (χ2v) is 13.4. The first-order chi connectivity index (χ1) is 26.7. The SMILES string of the molecule is COC(=O)N[C@H](CO)C(=O)N1CCC[C@H]1c1ncc(-c2ccc(-c3cc4cc(-c5cnc([C@@H]6CCCN6C(=O)[C@@H](CO)NC(=O)OC)[nH]5)ccc4o3)cc2)[nH]1. The molecule has 17 nitrogen and oxygen atoms in total. The fourth-order valence-electron chi connectivity index (χ4n) is 7.28. The van der Waals surface area contributed by atoms with Gasteiger partial charge in [0.1, 0.15) is 35.1 Å². The Morgan fingerprint density at radius 2 is 1.25 bits per heavy atom. The average molecular weight is 755 g/mol. The Labute approximate surface area is 315 Å². The minimum Gasteiger partial charge on any atom is -0.456 e. The van der Waals surface area contributed by atoms with E-state index in [4.69, 9.17) is 4.42 Å². The van der Waals surface area contributed by atoms with Crippen molar-refractivity contribution in [2.45, 2.75) is 49.9 Å². The zero-order valence-electron chi connectivity index (χ0n) is 30.3. The standard InChI is InChI=1S/C38H42N8O9/c1-53-37(51)43-27(19-47)35(49)45-13-3-5-29(45)33-39-17-25(41-33)21-7-9-22(10-8-21)32-16-24-15-23(11-12-31(24)55-32)26-18-40-34(42-26)30-6-4-14-46(30)36(50)28(20-48)44-38(52)54-2/h7-12,15-18,27-30,47-48H,3-6,13-14,19-20H2,1-2H3,(H,39,41)(H,40,42)(H,43,51)(H,44,52)/t27-,28-,29+,30+/m1/s1. The van der Waals surface area contributed by atoms with Crippen LogP contribution in [-0.4, -0.2) is 117 Å². The molecule has 4 atom stereocenters. The van der Waals surface area contributed by atoms with E-state index in [9.17, 15) is 29.4 Å². The van der Waals surface area contributed by atoms with Crippen molar-refractivity contribution >= 4 is 35.0 Å². The Morgan fingerprint density at radius 3 is 1.76 bits per heavy atom. The molecule has 0 spiro atoms. The number of H-pyrrole nitrogens is 2. The van der Waals surface area contributed by atoms with Crippen LogP contribution in [-0.2, 0) is 19.1 Å². The van der Waals surface area contributed by atoms with Crippen LogP contribution in [0.1, 0.15) is 49.4 Å². The quantitative estimate of drug-likeness (QED) is 0.114. The van der Waals surface area contributed by atoms with Crippen LogP contribution in [0.15, 0.2) is 65.3 Å². The van der Waals surface area contributed by atoms with E-state index in [2.05, 4.69) is 40.0 Å². The molecule has 0 aliphatic carbocycles. The number of rotatable bonds is 11. The van der Waals surface area contributed by atoms with Gasteiger partial charge >= 0.3 is 12.2 Å². The lowest BCUT2D eigenvalue weighted by molar-refractivity contribution is -0.136. The van der Waals surface area contributed by atoms with Gasteiger partial charge in [-0.3, -0.25) is 9.59 Å². The van der Waals surface area contributed by atoms with Crippen molar-refractivity contribution in [1.82, 2.24) is 40.4 Å². The number of likely N-dealkylation sites (tertiary alicyclic amines) is 2. The van der Waals surface area contributed by atoms with E-state index < -0.39 is 49.3 Å². The maximum absolute atomic E-state index is 13.2. The third kappa shape index (κ3) is 7.61. The zero-order chi connectivity index (χ0) is 38.6. The lowest BCUT2D eigenvalue weighted by Gasteiger charge is -2.27. The van der Waals surface area contributed by atoms with Crippen LogP contribution in [0.2, 0.25) is 0 Å². The zero-order valence-corrected chi connectivity index (χ0v) is 30.3. The molecule has 4 amide bonds. The number of aliphatic hydroxyl groups excluding tert-OH is 2. The first kappa shape index (κ1) is 37.1. The molecule has 17 heteroatoms. The fraction of sp³-hybridized carbons (Fsp3) is 0.368. The van der Waals surface area contributed by atoms with Gasteiger partial charge < -0.3 is 54.5 Å². The van der Waals surface area contributed by atoms with Crippen LogP contribution >= 0.6 is 0 Å². The Morgan fingerprint density at radius 1 is 0.764 bits per heavy atom. The van der Waals surface area contributed by atoms with Crippen LogP contribution < -0.4 is 10.6 Å². The van der Waals surface area contributed by atoms with Crippen molar-refractivity contribution in [1.29, 1.82) is 0 Å². The second kappa shape index (κ2) is 16.0. The van der Waals surface area contributed by atoms with E-state index in [1.807, 2.05) is 48.5 Å². The highest BCUT2D eigenvalue weighted by atomic mass is 16.5. The number of amides is 4. The predicted octanol–water partition coefficient (Wildman–Crippen LogP) is 3.64. The smallest absolute Gasteiger partial charge is 0.407 e. The third-order valence-electron chi connectivity index (χ3n) is 10.1. The van der Waals surface area contributed by atoms with Gasteiger partial charge in [-0.2, -0.15) is 0 Å². The summed E-state index contributed by atoms with van der Waals surface area (Å²) in [6.45, 7) is -0.162. The van der Waals surface area contributed by atoms with Crippen LogP contribution in [0, 0.1) is 0 Å². The number of aromatic amines is 2. The molecule has 55 heavy (non-hydrogen) atoms. The van der Waals surface area contributed by atoms with Gasteiger partial charge in [-0.1, -0.05) is 24.3 Å². The Kier molecular flexibility index (Phi) is 10.8. The van der Waals surface area contributed by atoms with Gasteiger partial charge in [0.25, 0.3) is 0 Å². The summed E-state index contributed by atoms with van der Waals surface area (Å²) >= 11 is 0. The summed E-state index contributed by atoms with van der Waals surface area (Å²) in [7, 11) is 2.39. The summed E-state index contributed by atoms with van der Waals surface area (Å²) < 4.78 is 15.4. The molecule has 6 N–H and O–H groups in total. The second-order valence-electron chi connectivity index (χ2n) is 13.4. The summed E-state index contributed by atoms with van der Waals surface area (Å²) in [6.07, 6.45) is 4.74. The molecule has 0 bridgehead atoms. The summed E-state index contributed by atoms with van der Waals surface area (Å²) in [4.78, 5) is 68.9. The van der Waals surface area contributed by atoms with Crippen molar-refractivity contribution in [2.24, 2.45) is 0 Å². The number of alkyl carbamates (subject to hydrolysis) is 2. The van der Waals surface area contributed by atoms with Crippen molar-refractivity contribution in [2.75, 3.05) is 40.5 Å². The molecule has 5 aromatic rings. The van der Waals surface area contributed by atoms with Crippen LogP contribution in [0.25, 0.3) is 44.8 Å². The Bertz CT molecular complexity index is 2180. The number of methoxy groups -OCH3 is 2. The Balaban J connectivity index is 1.03. The number of nitrogens with zero attached hydrogens (tertiary/aromatic N) is 4. The lowest BCUT2D eigenvalue weighted by Crippen LogP contribution is -2.50. The minimum absolute atomic E-state index is 0.328. The molecular formula is C38H42N8O9. The predicted molar refractivity (Wildman–Crippen MR) is 197 cm³/mol. The summed E-state index contributed by atoms with van der Waals surface area (Å²) in [5.41, 5.74) is 4.90. The molecule has 2 saturated heterocycles. The topological polar surface area (TPSA) is 228 Å². The maximum Gasteiger partial charge on any atom is 0.407 e. The van der Waals surface area contributed by atoms with E-state index in [0.717, 1.165) is 46.3 Å². The summed E-state index contributed by atoms with van der Waals surface area (Å²) in [5, 5.41) is 25.2. The van der Waals surface area contributed by atoms with Gasteiger partial charge in [0.2, 0.25) is 11.8 Å². The number of aliphatic hydroxyl groups is 2. The Hall–Kier alpha value is -6.20. The van der Waals surface area contributed by atoms with Crippen molar-refractivity contribution < 1.29 is 43.3 Å². The molecule has 2 aliphatic rings. The molecule has 2 fully saturated rings. The first-order valence-corrected chi connectivity index (χ1v) is 18.0. The normalized spacial score (nSPS) is 18.0. The number of carbonyl (C=O) groups excluding carboxylic acids is 4. The molecular weight excluding hydrogens is 712 g/mol. The van der Waals surface area contributed by atoms with Crippen molar-refractivity contribution in [3.63, 3.8) is 0 Å². The summed E-state index contributed by atoms with van der Waals surface area (Å²) in [6, 6.07) is 12.8. The third-order valence-corrected chi connectivity index (χ3v) is 10.1. The van der Waals surface area contributed by atoms with E-state index in [0.29, 0.717) is 48.9 Å². The number of benzene rings is 2. The molecule has 0 radical (unpaired) electrons. The molecule has 2 aromatic carbocycles. The average Bonchev–Trinajstić information content (AvgIpc) is 4.07. The number of imidazole rings is 2. The molecule has 288 valence electrons. The summed E-state index contributed by atoms with van der Waals surface area (Å²) in [5.74, 6) is 1.11. The first-order valence-electron chi connectivity index (χ1n) is 18.0. The van der Waals surface area contributed by atoms with Gasteiger partial charge in [-0.15, -0.1) is 0 Å². The minimum atomic E-state index is -1.12. The van der Waals surface area contributed by atoms with Crippen LogP contribution in [0.3, 0.4) is 0 Å². The van der Waals surface area contributed by atoms with Gasteiger partial charge in [0.05, 0.1) is 63.3 Å². The van der Waals surface area contributed by atoms with Gasteiger partial charge in [-0.05, 0) is 55.5 Å². The number of aromatic nitrogens is 4. The number of carbonyl (C=O) groups is 4. The number of hydrogen-bond acceptors (Lipinski definition) is 11. The lowest BCUT2D eigenvalue weighted by atomic mass is 10.1. The number of nitrogens with one attached hydrogen (secondary N) is 4. The molecule has 2 aliphatic heterocycles. The van der Waals surface area contributed by atoms with E-state index in [1.165, 1.54) is 14.2 Å². The van der Waals surface area contributed by atoms with Crippen molar-refractivity contribution in [3.05, 3.63) is 72.6 Å². The maximum atomic E-state index is 13.2. The number of ether oxygens (including phenoxy) is 2. The van der Waals surface area contributed by atoms with Crippen molar-refractivity contribution in [3.8, 4) is 33.8 Å². The molecule has 0 saturated carbocycles. The highest BCUT2D eigenvalue weighted by Crippen LogP contribution is 2.36.